The van der Waals surface area contributed by atoms with Crippen molar-refractivity contribution in [2.24, 2.45) is 11.8 Å². The summed E-state index contributed by atoms with van der Waals surface area (Å²) >= 11 is 0. The molecule has 0 radical (unpaired) electrons. The second kappa shape index (κ2) is 5.30. The van der Waals surface area contributed by atoms with E-state index in [-0.39, 0.29) is 5.69 Å². The molecule has 0 amide bonds. The monoisotopic (exact) mass is 288 g/mol. The number of nitrogens with one attached hydrogen (secondary N) is 1. The number of nitro groups is 1. The van der Waals surface area contributed by atoms with Crippen LogP contribution in [0.4, 0.5) is 24.5 Å². The molecule has 110 valence electrons. The second-order valence-electron chi connectivity index (χ2n) is 5.18. The molecule has 0 aliphatic heterocycles. The van der Waals surface area contributed by atoms with Crippen LogP contribution in [-0.2, 0) is 6.18 Å². The molecule has 0 bridgehead atoms. The highest BCUT2D eigenvalue weighted by Crippen LogP contribution is 2.39. The van der Waals surface area contributed by atoms with Gasteiger partial charge in [-0.1, -0.05) is 6.92 Å². The zero-order chi connectivity index (χ0) is 14.9. The Balaban J connectivity index is 2.16. The molecule has 0 heterocycles. The Morgan fingerprint density at radius 2 is 2.10 bits per heavy atom. The molecule has 7 heteroatoms. The molecule has 0 spiro atoms. The maximum absolute atomic E-state index is 12.8. The van der Waals surface area contributed by atoms with E-state index in [9.17, 15) is 23.3 Å². The van der Waals surface area contributed by atoms with Crippen molar-refractivity contribution >= 4 is 11.4 Å². The average Bonchev–Trinajstić information content (AvgIpc) is 3.18. The Hall–Kier alpha value is -1.79. The highest BCUT2D eigenvalue weighted by Gasteiger charge is 2.38. The minimum atomic E-state index is -4.73. The maximum atomic E-state index is 12.8. The van der Waals surface area contributed by atoms with Crippen LogP contribution in [0.25, 0.3) is 0 Å². The van der Waals surface area contributed by atoms with Crippen LogP contribution in [0.15, 0.2) is 18.2 Å². The van der Waals surface area contributed by atoms with Crippen LogP contribution >= 0.6 is 0 Å². The van der Waals surface area contributed by atoms with Gasteiger partial charge in [0, 0.05) is 18.3 Å². The summed E-state index contributed by atoms with van der Waals surface area (Å²) in [6.07, 6.45) is -2.41. The third-order valence-electron chi connectivity index (χ3n) is 3.55. The van der Waals surface area contributed by atoms with Gasteiger partial charge in [0.25, 0.3) is 5.69 Å². The molecule has 1 aromatic carbocycles. The number of halogens is 3. The number of benzene rings is 1. The minimum absolute atomic E-state index is 0.260. The molecule has 0 saturated heterocycles. The smallest absolute Gasteiger partial charge is 0.385 e. The summed E-state index contributed by atoms with van der Waals surface area (Å²) in [7, 11) is 0. The van der Waals surface area contributed by atoms with Crippen LogP contribution in [0.1, 0.15) is 25.3 Å². The van der Waals surface area contributed by atoms with E-state index in [1.165, 1.54) is 6.07 Å². The number of hydrogen-bond acceptors (Lipinski definition) is 3. The van der Waals surface area contributed by atoms with Gasteiger partial charge in [0.15, 0.2) is 0 Å². The molecule has 4 nitrogen and oxygen atoms in total. The fourth-order valence-corrected chi connectivity index (χ4v) is 2.14. The predicted molar refractivity (Wildman–Crippen MR) is 68.5 cm³/mol. The summed E-state index contributed by atoms with van der Waals surface area (Å²) in [6.45, 7) is 2.61. The number of nitro benzene ring substituents is 1. The first-order valence-electron chi connectivity index (χ1n) is 6.38. The quantitative estimate of drug-likeness (QED) is 0.656. The van der Waals surface area contributed by atoms with E-state index in [0.717, 1.165) is 25.0 Å². The van der Waals surface area contributed by atoms with E-state index >= 15 is 0 Å². The number of nitrogens with zero attached hydrogens (tertiary/aromatic N) is 1. The zero-order valence-electron chi connectivity index (χ0n) is 10.9. The first kappa shape index (κ1) is 14.6. The lowest BCUT2D eigenvalue weighted by molar-refractivity contribution is -0.388. The van der Waals surface area contributed by atoms with Gasteiger partial charge < -0.3 is 5.32 Å². The van der Waals surface area contributed by atoms with E-state index in [1.54, 1.807) is 0 Å². The van der Waals surface area contributed by atoms with Gasteiger partial charge in [-0.25, -0.2) is 0 Å². The predicted octanol–water partition coefficient (Wildman–Crippen LogP) is 4.07. The lowest BCUT2D eigenvalue weighted by atomic mass is 10.1. The van der Waals surface area contributed by atoms with E-state index in [4.69, 9.17) is 0 Å². The van der Waals surface area contributed by atoms with Gasteiger partial charge in [-0.3, -0.25) is 10.1 Å². The molecule has 2 rings (SSSR count). The average molecular weight is 288 g/mol. The molecule has 1 aliphatic rings. The van der Waals surface area contributed by atoms with Crippen molar-refractivity contribution in [3.8, 4) is 0 Å². The number of hydrogen-bond donors (Lipinski definition) is 1. The van der Waals surface area contributed by atoms with Crippen molar-refractivity contribution in [2.75, 3.05) is 11.9 Å². The van der Waals surface area contributed by atoms with Crippen LogP contribution in [0, 0.1) is 22.0 Å². The van der Waals surface area contributed by atoms with Crippen molar-refractivity contribution in [1.82, 2.24) is 0 Å². The van der Waals surface area contributed by atoms with E-state index < -0.39 is 22.4 Å². The largest absolute Gasteiger partial charge is 0.423 e. The number of alkyl halides is 3. The minimum Gasteiger partial charge on any atom is -0.385 e. The summed E-state index contributed by atoms with van der Waals surface area (Å²) in [5.41, 5.74) is -1.87. The summed E-state index contributed by atoms with van der Waals surface area (Å²) in [5.74, 6) is 1.03. The standard InChI is InChI=1S/C13H15F3N2O2/c1-8(9-2-3-9)7-17-10-4-5-12(18(19)20)11(6-10)13(14,15)16/h4-6,8-9,17H,2-3,7H2,1H3. The molecule has 1 unspecified atom stereocenters. The zero-order valence-corrected chi connectivity index (χ0v) is 10.9. The molecule has 1 aliphatic carbocycles. The molecule has 20 heavy (non-hydrogen) atoms. The Labute approximate surface area is 114 Å². The summed E-state index contributed by atoms with van der Waals surface area (Å²) in [5, 5.41) is 13.6. The fourth-order valence-electron chi connectivity index (χ4n) is 2.14. The third-order valence-corrected chi connectivity index (χ3v) is 3.55. The molecule has 1 atom stereocenters. The normalized spacial score (nSPS) is 16.8. The molecule has 0 aromatic heterocycles. The number of anilines is 1. The molecule has 1 saturated carbocycles. The van der Waals surface area contributed by atoms with E-state index in [0.29, 0.717) is 18.4 Å². The first-order chi connectivity index (χ1) is 9.29. The third kappa shape index (κ3) is 3.40. The second-order valence-corrected chi connectivity index (χ2v) is 5.18. The highest BCUT2D eigenvalue weighted by molar-refractivity contribution is 5.55. The molecular weight excluding hydrogens is 273 g/mol. The molecular formula is C13H15F3N2O2. The molecule has 1 N–H and O–H groups in total. The van der Waals surface area contributed by atoms with Gasteiger partial charge in [-0.15, -0.1) is 0 Å². The first-order valence-corrected chi connectivity index (χ1v) is 6.38. The molecule has 1 aromatic rings. The van der Waals surface area contributed by atoms with Gasteiger partial charge in [0.1, 0.15) is 5.56 Å². The van der Waals surface area contributed by atoms with E-state index in [1.807, 2.05) is 6.92 Å². The van der Waals surface area contributed by atoms with Crippen molar-refractivity contribution < 1.29 is 18.1 Å². The summed E-state index contributed by atoms with van der Waals surface area (Å²) in [6, 6.07) is 3.01. The van der Waals surface area contributed by atoms with E-state index in [2.05, 4.69) is 5.32 Å². The van der Waals surface area contributed by atoms with Crippen LogP contribution in [0.5, 0.6) is 0 Å². The van der Waals surface area contributed by atoms with Gasteiger partial charge in [-0.05, 0) is 36.8 Å². The van der Waals surface area contributed by atoms with Gasteiger partial charge >= 0.3 is 6.18 Å². The topological polar surface area (TPSA) is 55.2 Å². The molecule has 1 fully saturated rings. The number of rotatable bonds is 5. The van der Waals surface area contributed by atoms with Crippen molar-refractivity contribution in [3.63, 3.8) is 0 Å². The highest BCUT2D eigenvalue weighted by atomic mass is 19.4. The van der Waals surface area contributed by atoms with Crippen molar-refractivity contribution in [3.05, 3.63) is 33.9 Å². The van der Waals surface area contributed by atoms with Crippen molar-refractivity contribution in [1.29, 1.82) is 0 Å². The van der Waals surface area contributed by atoms with Gasteiger partial charge in [-0.2, -0.15) is 13.2 Å². The van der Waals surface area contributed by atoms with Crippen LogP contribution < -0.4 is 5.32 Å². The Bertz CT molecular complexity index is 513. The van der Waals surface area contributed by atoms with Gasteiger partial charge in [0.05, 0.1) is 4.92 Å². The van der Waals surface area contributed by atoms with Gasteiger partial charge in [0.2, 0.25) is 0 Å². The van der Waals surface area contributed by atoms with Crippen LogP contribution in [0.2, 0.25) is 0 Å². The summed E-state index contributed by atoms with van der Waals surface area (Å²) < 4.78 is 38.4. The fraction of sp³-hybridized carbons (Fsp3) is 0.538. The van der Waals surface area contributed by atoms with Crippen LogP contribution in [0.3, 0.4) is 0 Å². The van der Waals surface area contributed by atoms with Crippen LogP contribution in [-0.4, -0.2) is 11.5 Å². The Kier molecular flexibility index (Phi) is 3.87. The SMILES string of the molecule is CC(CNc1ccc([N+](=O)[O-])c(C(F)(F)F)c1)C1CC1. The lowest BCUT2D eigenvalue weighted by Gasteiger charge is -2.14. The Morgan fingerprint density at radius 1 is 1.45 bits per heavy atom. The lowest BCUT2D eigenvalue weighted by Crippen LogP contribution is -2.14. The summed E-state index contributed by atoms with van der Waals surface area (Å²) in [4.78, 5) is 9.61. The van der Waals surface area contributed by atoms with Crippen molar-refractivity contribution in [2.45, 2.75) is 25.9 Å². The Morgan fingerprint density at radius 3 is 2.60 bits per heavy atom. The maximum Gasteiger partial charge on any atom is 0.423 e.